The Bertz CT molecular complexity index is 883. The molecule has 0 saturated heterocycles. The van der Waals surface area contributed by atoms with E-state index in [1.807, 2.05) is 33.9 Å². The lowest BCUT2D eigenvalue weighted by atomic mass is 9.86. The van der Waals surface area contributed by atoms with Gasteiger partial charge in [0.05, 0.1) is 24.2 Å². The van der Waals surface area contributed by atoms with Crippen LogP contribution in [0.15, 0.2) is 29.2 Å². The van der Waals surface area contributed by atoms with Crippen molar-refractivity contribution in [3.05, 3.63) is 24.3 Å². The molecule has 0 aliphatic rings. The predicted octanol–water partition coefficient (Wildman–Crippen LogP) is 3.06. The molecule has 0 fully saturated rings. The van der Waals surface area contributed by atoms with Gasteiger partial charge in [-0.1, -0.05) is 20.8 Å². The van der Waals surface area contributed by atoms with Crippen LogP contribution < -0.4 is 4.74 Å². The predicted molar refractivity (Wildman–Crippen MR) is 135 cm³/mol. The highest BCUT2D eigenvalue weighted by Crippen LogP contribution is 2.36. The molecule has 0 amide bonds. The molecular weight excluding hydrogens is 482 g/mol. The number of carbonyl (C=O) groups is 1. The monoisotopic (exact) mass is 521 g/mol. The second-order valence-corrected chi connectivity index (χ2v) is 15.9. The number of hydrogen-bond donors (Lipinski definition) is 2. The van der Waals surface area contributed by atoms with Crippen LogP contribution in [-0.4, -0.2) is 80.9 Å². The Hall–Kier alpha value is -1.11. The van der Waals surface area contributed by atoms with Gasteiger partial charge in [-0.15, -0.1) is 0 Å². The van der Waals surface area contributed by atoms with Gasteiger partial charge < -0.3 is 19.4 Å². The van der Waals surface area contributed by atoms with Crippen LogP contribution in [0.4, 0.5) is 0 Å². The summed E-state index contributed by atoms with van der Waals surface area (Å²) in [5.41, 5.74) is -0.303. The first-order valence-electron chi connectivity index (χ1n) is 10.8. The van der Waals surface area contributed by atoms with Gasteiger partial charge in [0.1, 0.15) is 11.8 Å². The summed E-state index contributed by atoms with van der Waals surface area (Å²) >= 11 is 1.22. The van der Waals surface area contributed by atoms with Gasteiger partial charge in [0.2, 0.25) is 10.0 Å². The number of methoxy groups -OCH3 is 1. The third-order valence-electron chi connectivity index (χ3n) is 5.24. The Kier molecular flexibility index (Phi) is 10.5. The van der Waals surface area contributed by atoms with Gasteiger partial charge in [0, 0.05) is 17.5 Å². The summed E-state index contributed by atoms with van der Waals surface area (Å²) in [6.07, 6.45) is -1.24. The number of carboxylic acid groups (broad SMARTS) is 1. The maximum Gasteiger partial charge on any atom is 0.323 e. The number of sulfonamides is 1. The molecule has 0 aliphatic heterocycles. The van der Waals surface area contributed by atoms with Gasteiger partial charge >= 0.3 is 5.97 Å². The molecule has 0 bridgehead atoms. The highest BCUT2D eigenvalue weighted by Gasteiger charge is 2.45. The molecule has 0 aromatic heterocycles. The van der Waals surface area contributed by atoms with E-state index >= 15 is 0 Å². The van der Waals surface area contributed by atoms with Crippen molar-refractivity contribution in [2.24, 2.45) is 5.41 Å². The van der Waals surface area contributed by atoms with Crippen LogP contribution in [0.2, 0.25) is 13.1 Å². The van der Waals surface area contributed by atoms with Gasteiger partial charge in [-0.05, 0) is 56.6 Å². The lowest BCUT2D eigenvalue weighted by Crippen LogP contribution is -2.54. The van der Waals surface area contributed by atoms with E-state index in [0.717, 1.165) is 4.31 Å². The first-order chi connectivity index (χ1) is 14.9. The van der Waals surface area contributed by atoms with Crippen molar-refractivity contribution in [1.29, 1.82) is 0 Å². The average Bonchev–Trinajstić information content (AvgIpc) is 2.68. The average molecular weight is 522 g/mol. The maximum absolute atomic E-state index is 13.2. The number of benzene rings is 1. The van der Waals surface area contributed by atoms with E-state index in [2.05, 4.69) is 0 Å². The van der Waals surface area contributed by atoms with Crippen molar-refractivity contribution < 1.29 is 32.6 Å². The second-order valence-electron chi connectivity index (χ2n) is 9.89. The van der Waals surface area contributed by atoms with Crippen molar-refractivity contribution in [3.8, 4) is 5.75 Å². The zero-order valence-corrected chi connectivity index (χ0v) is 23.8. The van der Waals surface area contributed by atoms with Crippen LogP contribution in [0.1, 0.15) is 34.6 Å². The number of rotatable bonds is 12. The van der Waals surface area contributed by atoms with Crippen LogP contribution in [0.5, 0.6) is 5.75 Å². The van der Waals surface area contributed by atoms with Crippen LogP contribution >= 0.6 is 11.8 Å². The zero-order chi connectivity index (χ0) is 25.8. The zero-order valence-electron chi connectivity index (χ0n) is 21.0. The fourth-order valence-electron chi connectivity index (χ4n) is 3.58. The van der Waals surface area contributed by atoms with Crippen molar-refractivity contribution in [2.75, 3.05) is 19.9 Å². The molecule has 11 heteroatoms. The molecule has 0 saturated carbocycles. The van der Waals surface area contributed by atoms with E-state index in [0.29, 0.717) is 5.75 Å². The number of carboxylic acids is 1. The smallest absolute Gasteiger partial charge is 0.323 e. The number of aliphatic hydroxyl groups is 1. The number of ether oxygens (including phenoxy) is 1. The standard InChI is InChI=1S/C22H39NO7S2Si/c1-21(2,3)19(30-33(8)9)17(24)14-31-22(4,5)18(20(25)26)23(6)32(27,28)16-12-10-15(29-7)11-13-16/h10-13,17-19,24,33H,14H2,1-9H3,(H,25,26)/t17-,18+,19?/m1/s1. The van der Waals surface area contributed by atoms with E-state index in [4.69, 9.17) is 9.16 Å². The molecule has 1 unspecified atom stereocenters. The molecule has 8 nitrogen and oxygen atoms in total. The molecule has 2 N–H and O–H groups in total. The topological polar surface area (TPSA) is 113 Å². The quantitative estimate of drug-likeness (QED) is 0.404. The van der Waals surface area contributed by atoms with Crippen LogP contribution in [0.3, 0.4) is 0 Å². The normalized spacial score (nSPS) is 16.0. The molecule has 3 atom stereocenters. The number of aliphatic hydroxyl groups excluding tert-OH is 1. The minimum Gasteiger partial charge on any atom is -0.497 e. The van der Waals surface area contributed by atoms with Crippen LogP contribution in [0, 0.1) is 5.41 Å². The molecular formula is C22H39NO7S2Si. The summed E-state index contributed by atoms with van der Waals surface area (Å²) in [5.74, 6) is -0.563. The molecule has 1 aromatic carbocycles. The Morgan fingerprint density at radius 3 is 2.06 bits per heavy atom. The highest BCUT2D eigenvalue weighted by atomic mass is 32.2. The minimum absolute atomic E-state index is 0.0269. The SMILES string of the molecule is COc1ccc(S(=O)(=O)N(C)[C@@H](C(=O)O)C(C)(C)SC[C@@H](O)C(O[SiH](C)C)C(C)(C)C)cc1. The molecule has 0 radical (unpaired) electrons. The Morgan fingerprint density at radius 2 is 1.67 bits per heavy atom. The van der Waals surface area contributed by atoms with Gasteiger partial charge in [-0.3, -0.25) is 4.79 Å². The van der Waals surface area contributed by atoms with E-state index < -0.39 is 48.0 Å². The summed E-state index contributed by atoms with van der Waals surface area (Å²) in [6.45, 7) is 13.4. The fourth-order valence-corrected chi connectivity index (χ4v) is 7.45. The molecule has 0 spiro atoms. The van der Waals surface area contributed by atoms with E-state index in [1.165, 1.54) is 50.2 Å². The second kappa shape index (κ2) is 11.5. The number of thioether (sulfide) groups is 1. The van der Waals surface area contributed by atoms with E-state index in [-0.39, 0.29) is 16.1 Å². The number of aliphatic carboxylic acids is 1. The van der Waals surface area contributed by atoms with E-state index in [9.17, 15) is 23.4 Å². The molecule has 0 aliphatic carbocycles. The van der Waals surface area contributed by atoms with Gasteiger partial charge in [0.25, 0.3) is 0 Å². The summed E-state index contributed by atoms with van der Waals surface area (Å²) in [6, 6.07) is 4.42. The summed E-state index contributed by atoms with van der Waals surface area (Å²) in [4.78, 5) is 12.2. The third kappa shape index (κ3) is 7.96. The molecule has 190 valence electrons. The van der Waals surface area contributed by atoms with Gasteiger partial charge in [-0.25, -0.2) is 8.42 Å². The first-order valence-corrected chi connectivity index (χ1v) is 16.0. The van der Waals surface area contributed by atoms with Crippen molar-refractivity contribution in [3.63, 3.8) is 0 Å². The van der Waals surface area contributed by atoms with Gasteiger partial charge in [-0.2, -0.15) is 16.1 Å². The summed E-state index contributed by atoms with van der Waals surface area (Å²) < 4.78 is 37.3. The number of nitrogens with zero attached hydrogens (tertiary/aromatic N) is 1. The van der Waals surface area contributed by atoms with Crippen molar-refractivity contribution in [2.45, 2.75) is 75.6 Å². The van der Waals surface area contributed by atoms with Crippen LogP contribution in [-0.2, 0) is 19.2 Å². The van der Waals surface area contributed by atoms with E-state index in [1.54, 1.807) is 13.8 Å². The molecule has 33 heavy (non-hydrogen) atoms. The fraction of sp³-hybridized carbons (Fsp3) is 0.682. The Morgan fingerprint density at radius 1 is 1.15 bits per heavy atom. The van der Waals surface area contributed by atoms with Crippen molar-refractivity contribution in [1.82, 2.24) is 4.31 Å². The van der Waals surface area contributed by atoms with Gasteiger partial charge in [0.15, 0.2) is 9.04 Å². The van der Waals surface area contributed by atoms with Crippen LogP contribution in [0.25, 0.3) is 0 Å². The molecule has 0 heterocycles. The molecule has 1 rings (SSSR count). The Labute approximate surface area is 204 Å². The molecule has 1 aromatic rings. The summed E-state index contributed by atoms with van der Waals surface area (Å²) in [5, 5.41) is 20.9. The lowest BCUT2D eigenvalue weighted by Gasteiger charge is -2.39. The third-order valence-corrected chi connectivity index (χ3v) is 9.39. The maximum atomic E-state index is 13.2. The number of hydrogen-bond acceptors (Lipinski definition) is 7. The largest absolute Gasteiger partial charge is 0.497 e. The lowest BCUT2D eigenvalue weighted by molar-refractivity contribution is -0.142. The van der Waals surface area contributed by atoms with Crippen molar-refractivity contribution >= 4 is 36.8 Å². The minimum atomic E-state index is -4.08. The highest BCUT2D eigenvalue weighted by molar-refractivity contribution is 8.00. The first kappa shape index (κ1) is 29.9. The summed E-state index contributed by atoms with van der Waals surface area (Å²) in [7, 11) is -2.77. The number of likely N-dealkylation sites (N-methyl/N-ethyl adjacent to an activating group) is 1. The Balaban J connectivity index is 3.14.